The first kappa shape index (κ1) is 26.0. The largest absolute Gasteiger partial charge is 0.456 e. The fourth-order valence-electron chi connectivity index (χ4n) is 5.99. The van der Waals surface area contributed by atoms with E-state index < -0.39 is 5.60 Å². The molecule has 2 atom stereocenters. The summed E-state index contributed by atoms with van der Waals surface area (Å²) in [6.45, 7) is 10.9. The van der Waals surface area contributed by atoms with E-state index in [1.54, 1.807) is 0 Å². The van der Waals surface area contributed by atoms with E-state index in [0.717, 1.165) is 52.4 Å². The molecule has 0 saturated carbocycles. The molecular formula is C34H34N2O4. The van der Waals surface area contributed by atoms with E-state index in [0.29, 0.717) is 23.7 Å². The number of esters is 1. The van der Waals surface area contributed by atoms with E-state index >= 15 is 0 Å². The number of carbonyl (C=O) groups excluding carboxylic acids is 1. The quantitative estimate of drug-likeness (QED) is 0.232. The molecule has 0 saturated heterocycles. The standard InChI is InChI=1S/C34H34N2O4/c1-5-36(6-2)24-17-18-25(22(4)38-7-3)30(21-24)35-23-16-19-32-29(20-23)34(28-14-10-11-15-31(28)39-32)27-13-9-8-12-26(27)33(37)40-34/h8-22,35H,5-7H2,1-4H3. The highest BCUT2D eigenvalue weighted by Crippen LogP contribution is 2.56. The Morgan fingerprint density at radius 3 is 2.35 bits per heavy atom. The van der Waals surface area contributed by atoms with Gasteiger partial charge in [-0.15, -0.1) is 0 Å². The number of nitrogens with zero attached hydrogens (tertiary/aromatic N) is 1. The third kappa shape index (κ3) is 4.11. The van der Waals surface area contributed by atoms with Crippen LogP contribution in [0.4, 0.5) is 17.1 Å². The molecule has 2 aliphatic heterocycles. The zero-order valence-corrected chi connectivity index (χ0v) is 23.4. The molecule has 0 fully saturated rings. The first-order valence-electron chi connectivity index (χ1n) is 14.0. The normalized spacial score (nSPS) is 17.4. The number of nitrogens with one attached hydrogen (secondary N) is 1. The molecule has 6 heteroatoms. The number of hydrogen-bond acceptors (Lipinski definition) is 6. The summed E-state index contributed by atoms with van der Waals surface area (Å²) in [5.74, 6) is 1.00. The van der Waals surface area contributed by atoms with Crippen molar-refractivity contribution in [3.8, 4) is 11.5 Å². The van der Waals surface area contributed by atoms with E-state index in [1.165, 1.54) is 0 Å². The minimum atomic E-state index is -1.10. The molecule has 6 nitrogen and oxygen atoms in total. The fourth-order valence-corrected chi connectivity index (χ4v) is 5.99. The van der Waals surface area contributed by atoms with E-state index in [2.05, 4.69) is 49.2 Å². The van der Waals surface area contributed by atoms with Crippen LogP contribution in [0.2, 0.25) is 0 Å². The molecule has 4 aromatic carbocycles. The molecule has 0 aromatic heterocycles. The Kier molecular flexibility index (Phi) is 6.72. The van der Waals surface area contributed by atoms with Gasteiger partial charge in [0.15, 0.2) is 5.60 Å². The Labute approximate surface area is 235 Å². The van der Waals surface area contributed by atoms with Crippen molar-refractivity contribution in [1.82, 2.24) is 0 Å². The van der Waals surface area contributed by atoms with Crippen LogP contribution in [0.5, 0.6) is 11.5 Å². The average Bonchev–Trinajstić information content (AvgIpc) is 3.27. The lowest BCUT2D eigenvalue weighted by Gasteiger charge is -2.36. The molecule has 0 aliphatic carbocycles. The van der Waals surface area contributed by atoms with Crippen molar-refractivity contribution >= 4 is 23.0 Å². The highest BCUT2D eigenvalue weighted by molar-refractivity contribution is 5.97. The highest BCUT2D eigenvalue weighted by atomic mass is 16.6. The van der Waals surface area contributed by atoms with Gasteiger partial charge in [-0.2, -0.15) is 0 Å². The Hall–Kier alpha value is -4.29. The maximum atomic E-state index is 13.2. The van der Waals surface area contributed by atoms with Crippen molar-refractivity contribution in [2.24, 2.45) is 0 Å². The van der Waals surface area contributed by atoms with Gasteiger partial charge >= 0.3 is 5.97 Å². The van der Waals surface area contributed by atoms with E-state index in [9.17, 15) is 4.79 Å². The third-order valence-electron chi connectivity index (χ3n) is 7.92. The molecule has 2 heterocycles. The first-order valence-corrected chi connectivity index (χ1v) is 14.0. The molecule has 1 N–H and O–H groups in total. The van der Waals surface area contributed by atoms with Gasteiger partial charge in [0.05, 0.1) is 11.7 Å². The SMILES string of the molecule is CCOC(C)c1ccc(N(CC)CC)cc1Nc1ccc2c(c1)C1(OC(=O)c3ccccc31)c1ccccc1O2. The third-order valence-corrected chi connectivity index (χ3v) is 7.92. The molecule has 0 amide bonds. The number of carbonyl (C=O) groups is 1. The summed E-state index contributed by atoms with van der Waals surface area (Å²) in [6, 6.07) is 27.9. The van der Waals surface area contributed by atoms with Crippen LogP contribution >= 0.6 is 0 Å². The highest BCUT2D eigenvalue weighted by Gasteiger charge is 2.53. The predicted molar refractivity (Wildman–Crippen MR) is 158 cm³/mol. The van der Waals surface area contributed by atoms with Crippen molar-refractivity contribution in [2.45, 2.75) is 39.4 Å². The summed E-state index contributed by atoms with van der Waals surface area (Å²) in [5, 5.41) is 3.67. The number of hydrogen-bond donors (Lipinski definition) is 1. The molecule has 1 spiro atoms. The van der Waals surface area contributed by atoms with Crippen LogP contribution in [-0.2, 0) is 15.1 Å². The van der Waals surface area contributed by atoms with Crippen molar-refractivity contribution in [1.29, 1.82) is 0 Å². The number of benzene rings is 4. The summed E-state index contributed by atoms with van der Waals surface area (Å²) < 4.78 is 18.7. The molecule has 2 unspecified atom stereocenters. The van der Waals surface area contributed by atoms with Gasteiger partial charge in [0.1, 0.15) is 11.5 Å². The van der Waals surface area contributed by atoms with Crippen molar-refractivity contribution in [3.63, 3.8) is 0 Å². The van der Waals surface area contributed by atoms with Crippen LogP contribution < -0.4 is 15.0 Å². The Balaban J connectivity index is 1.49. The van der Waals surface area contributed by atoms with Crippen LogP contribution in [-0.4, -0.2) is 25.7 Å². The lowest BCUT2D eigenvalue weighted by Crippen LogP contribution is -2.33. The predicted octanol–water partition coefficient (Wildman–Crippen LogP) is 7.94. The van der Waals surface area contributed by atoms with Gasteiger partial charge in [0, 0.05) is 59.0 Å². The Morgan fingerprint density at radius 1 is 0.850 bits per heavy atom. The fraction of sp³-hybridized carbons (Fsp3) is 0.265. The maximum Gasteiger partial charge on any atom is 0.340 e. The van der Waals surface area contributed by atoms with Crippen LogP contribution in [0.3, 0.4) is 0 Å². The number of ether oxygens (including phenoxy) is 3. The molecule has 0 radical (unpaired) electrons. The van der Waals surface area contributed by atoms with Crippen LogP contribution in [0.1, 0.15) is 66.4 Å². The minimum absolute atomic E-state index is 0.0832. The summed E-state index contributed by atoms with van der Waals surface area (Å²) >= 11 is 0. The molecule has 204 valence electrons. The number of para-hydroxylation sites is 1. The zero-order chi connectivity index (χ0) is 27.9. The molecule has 2 aliphatic rings. The lowest BCUT2D eigenvalue weighted by atomic mass is 9.77. The van der Waals surface area contributed by atoms with Crippen LogP contribution in [0.25, 0.3) is 0 Å². The van der Waals surface area contributed by atoms with Crippen molar-refractivity contribution in [2.75, 3.05) is 29.9 Å². The van der Waals surface area contributed by atoms with Gasteiger partial charge in [0.2, 0.25) is 0 Å². The van der Waals surface area contributed by atoms with E-state index in [4.69, 9.17) is 14.2 Å². The van der Waals surface area contributed by atoms with Gasteiger partial charge in [-0.1, -0.05) is 42.5 Å². The average molecular weight is 535 g/mol. The molecule has 6 rings (SSSR count). The zero-order valence-electron chi connectivity index (χ0n) is 23.4. The maximum absolute atomic E-state index is 13.2. The Bertz CT molecular complexity index is 1580. The monoisotopic (exact) mass is 534 g/mol. The van der Waals surface area contributed by atoms with Crippen molar-refractivity contribution < 1.29 is 19.0 Å². The lowest BCUT2D eigenvalue weighted by molar-refractivity contribution is 0.0224. The van der Waals surface area contributed by atoms with E-state index in [1.807, 2.05) is 73.7 Å². The second-order valence-corrected chi connectivity index (χ2v) is 10.1. The topological polar surface area (TPSA) is 60.0 Å². The van der Waals surface area contributed by atoms with Gasteiger partial charge in [0.25, 0.3) is 0 Å². The van der Waals surface area contributed by atoms with E-state index in [-0.39, 0.29) is 12.1 Å². The second kappa shape index (κ2) is 10.4. The Morgan fingerprint density at radius 2 is 1.57 bits per heavy atom. The van der Waals surface area contributed by atoms with Crippen LogP contribution in [0, 0.1) is 0 Å². The number of fused-ring (bicyclic) bond motifs is 6. The summed E-state index contributed by atoms with van der Waals surface area (Å²) in [4.78, 5) is 15.5. The molecule has 0 bridgehead atoms. The van der Waals surface area contributed by atoms with Gasteiger partial charge in [-0.25, -0.2) is 4.79 Å². The number of anilines is 3. The summed E-state index contributed by atoms with van der Waals surface area (Å²) in [7, 11) is 0. The van der Waals surface area contributed by atoms with Crippen molar-refractivity contribution in [3.05, 3.63) is 113 Å². The second-order valence-electron chi connectivity index (χ2n) is 10.1. The minimum Gasteiger partial charge on any atom is -0.456 e. The molecule has 4 aromatic rings. The van der Waals surface area contributed by atoms with Gasteiger partial charge in [-0.3, -0.25) is 0 Å². The summed E-state index contributed by atoms with van der Waals surface area (Å²) in [5.41, 5.74) is 5.95. The molecular weight excluding hydrogens is 500 g/mol. The molecule has 40 heavy (non-hydrogen) atoms. The van der Waals surface area contributed by atoms with Crippen LogP contribution in [0.15, 0.2) is 84.9 Å². The van der Waals surface area contributed by atoms with Gasteiger partial charge < -0.3 is 24.4 Å². The number of rotatable bonds is 8. The summed E-state index contributed by atoms with van der Waals surface area (Å²) in [6.07, 6.45) is -0.0832. The first-order chi connectivity index (χ1) is 19.5. The van der Waals surface area contributed by atoms with Gasteiger partial charge in [-0.05, 0) is 70.2 Å². The smallest absolute Gasteiger partial charge is 0.340 e.